The first-order chi connectivity index (χ1) is 12.8. The number of carbonyl (C=O) groups excluding carboxylic acids is 1. The largest absolute Gasteiger partial charge is 0.394 e. The molecule has 1 aromatic carbocycles. The minimum Gasteiger partial charge on any atom is -0.394 e. The highest BCUT2D eigenvalue weighted by Gasteiger charge is 2.44. The second-order valence-electron chi connectivity index (χ2n) is 6.14. The van der Waals surface area contributed by atoms with Crippen LogP contribution < -0.4 is 11.4 Å². The molecule has 0 saturated carbocycles. The van der Waals surface area contributed by atoms with E-state index in [1.165, 1.54) is 0 Å². The van der Waals surface area contributed by atoms with E-state index in [0.29, 0.717) is 5.56 Å². The Labute approximate surface area is 153 Å². The van der Waals surface area contributed by atoms with Crippen molar-refractivity contribution < 1.29 is 30.0 Å². The smallest absolute Gasteiger partial charge is 0.351 e. The van der Waals surface area contributed by atoms with Crippen LogP contribution in [0.25, 0.3) is 0 Å². The van der Waals surface area contributed by atoms with Crippen molar-refractivity contribution in [1.29, 1.82) is 0 Å². The van der Waals surface area contributed by atoms with Crippen LogP contribution in [0.1, 0.15) is 22.1 Å². The highest BCUT2D eigenvalue weighted by Crippen LogP contribution is 2.28. The zero-order valence-corrected chi connectivity index (χ0v) is 14.0. The summed E-state index contributed by atoms with van der Waals surface area (Å²) in [6.45, 7) is -0.658. The van der Waals surface area contributed by atoms with Gasteiger partial charge in [-0.15, -0.1) is 0 Å². The molecule has 1 aliphatic heterocycles. The summed E-state index contributed by atoms with van der Waals surface area (Å²) in [7, 11) is 0. The van der Waals surface area contributed by atoms with Gasteiger partial charge in [0.15, 0.2) is 12.0 Å². The lowest BCUT2D eigenvalue weighted by Crippen LogP contribution is -2.57. The van der Waals surface area contributed by atoms with Crippen LogP contribution in [0.2, 0.25) is 0 Å². The number of ketones is 1. The van der Waals surface area contributed by atoms with Crippen molar-refractivity contribution in [1.82, 2.24) is 9.55 Å². The summed E-state index contributed by atoms with van der Waals surface area (Å²) in [4.78, 5) is 28.5. The van der Waals surface area contributed by atoms with Crippen molar-refractivity contribution in [2.45, 2.75) is 30.6 Å². The molecule has 6 N–H and O–H groups in total. The summed E-state index contributed by atoms with van der Waals surface area (Å²) in [5.74, 6) is -0.798. The lowest BCUT2D eigenvalue weighted by atomic mass is 9.98. The Morgan fingerprint density at radius 3 is 2.44 bits per heavy atom. The first-order valence-electron chi connectivity index (χ1n) is 8.14. The first-order valence-corrected chi connectivity index (χ1v) is 8.14. The summed E-state index contributed by atoms with van der Waals surface area (Å²) in [5.41, 5.74) is 5.00. The Hall–Kier alpha value is -2.63. The predicted molar refractivity (Wildman–Crippen MR) is 91.8 cm³/mol. The first kappa shape index (κ1) is 19.1. The molecule has 3 rings (SSSR count). The summed E-state index contributed by atoms with van der Waals surface area (Å²) in [6, 6.07) is 8.17. The molecule has 2 heterocycles. The van der Waals surface area contributed by atoms with E-state index in [1.54, 1.807) is 30.3 Å². The molecule has 10 heteroatoms. The van der Waals surface area contributed by atoms with Crippen molar-refractivity contribution in [2.24, 2.45) is 0 Å². The lowest BCUT2D eigenvalue weighted by Gasteiger charge is -2.40. The Bertz CT molecular complexity index is 884. The Balaban J connectivity index is 2.04. The number of ether oxygens (including phenoxy) is 1. The number of nitrogens with zero attached hydrogens (tertiary/aromatic N) is 2. The van der Waals surface area contributed by atoms with Crippen molar-refractivity contribution in [2.75, 3.05) is 12.3 Å². The van der Waals surface area contributed by atoms with Crippen LogP contribution >= 0.6 is 0 Å². The number of anilines is 1. The molecular formula is C17H19N3O7. The summed E-state index contributed by atoms with van der Waals surface area (Å²) in [5, 5.41) is 39.2. The fourth-order valence-corrected chi connectivity index (χ4v) is 2.90. The van der Waals surface area contributed by atoms with Gasteiger partial charge < -0.3 is 30.9 Å². The zero-order valence-electron chi connectivity index (χ0n) is 14.0. The molecule has 0 amide bonds. The maximum absolute atomic E-state index is 12.7. The van der Waals surface area contributed by atoms with Crippen molar-refractivity contribution >= 4 is 11.6 Å². The third-order valence-corrected chi connectivity index (χ3v) is 4.40. The summed E-state index contributed by atoms with van der Waals surface area (Å²) in [6.07, 6.45) is -6.59. The van der Waals surface area contributed by atoms with Gasteiger partial charge >= 0.3 is 5.69 Å². The van der Waals surface area contributed by atoms with Gasteiger partial charge in [0.1, 0.15) is 30.2 Å². The minimum atomic E-state index is -1.70. The van der Waals surface area contributed by atoms with Gasteiger partial charge in [0.05, 0.1) is 12.2 Å². The number of carbonyl (C=O) groups is 1. The quantitative estimate of drug-likeness (QED) is 0.379. The van der Waals surface area contributed by atoms with Gasteiger partial charge in [-0.25, -0.2) is 4.79 Å². The summed E-state index contributed by atoms with van der Waals surface area (Å²) >= 11 is 0. The van der Waals surface area contributed by atoms with Gasteiger partial charge in [-0.3, -0.25) is 9.36 Å². The van der Waals surface area contributed by atoms with Gasteiger partial charge in [0.25, 0.3) is 0 Å². The number of aromatic nitrogens is 2. The van der Waals surface area contributed by atoms with Crippen LogP contribution in [0.3, 0.4) is 0 Å². The van der Waals surface area contributed by atoms with E-state index >= 15 is 0 Å². The van der Waals surface area contributed by atoms with Crippen molar-refractivity contribution in [3.8, 4) is 0 Å². The molecule has 1 aromatic heterocycles. The predicted octanol–water partition coefficient (Wildman–Crippen LogP) is -1.97. The van der Waals surface area contributed by atoms with Crippen LogP contribution in [0.5, 0.6) is 0 Å². The SMILES string of the molecule is Nc1nc(=O)n([C@@H]2O[C@H](CO)[C@@H](O)[C@H](O)[C@H]2O)cc1C(=O)c1ccccc1. The van der Waals surface area contributed by atoms with E-state index in [1.807, 2.05) is 0 Å². The molecule has 144 valence electrons. The van der Waals surface area contributed by atoms with Gasteiger partial charge in [-0.05, 0) is 0 Å². The van der Waals surface area contributed by atoms with Gasteiger partial charge in [0, 0.05) is 11.8 Å². The molecule has 27 heavy (non-hydrogen) atoms. The third-order valence-electron chi connectivity index (χ3n) is 4.40. The maximum atomic E-state index is 12.7. The molecule has 0 radical (unpaired) electrons. The third kappa shape index (κ3) is 3.48. The average Bonchev–Trinajstić information content (AvgIpc) is 2.67. The number of hydrogen-bond acceptors (Lipinski definition) is 9. The number of rotatable bonds is 4. The second kappa shape index (κ2) is 7.55. The van der Waals surface area contributed by atoms with E-state index in [4.69, 9.17) is 10.5 Å². The van der Waals surface area contributed by atoms with Crippen molar-refractivity contribution in [3.05, 3.63) is 58.1 Å². The Morgan fingerprint density at radius 2 is 1.81 bits per heavy atom. The van der Waals surface area contributed by atoms with Gasteiger partial charge in [-0.2, -0.15) is 4.98 Å². The highest BCUT2D eigenvalue weighted by atomic mass is 16.6. The molecule has 10 nitrogen and oxygen atoms in total. The lowest BCUT2D eigenvalue weighted by molar-refractivity contribution is -0.252. The molecular weight excluding hydrogens is 358 g/mol. The average molecular weight is 377 g/mol. The minimum absolute atomic E-state index is 0.0993. The molecule has 1 fully saturated rings. The number of aliphatic hydroxyl groups is 4. The van der Waals surface area contributed by atoms with Gasteiger partial charge in [-0.1, -0.05) is 30.3 Å². The summed E-state index contributed by atoms with van der Waals surface area (Å²) < 4.78 is 6.14. The fourth-order valence-electron chi connectivity index (χ4n) is 2.90. The van der Waals surface area contributed by atoms with E-state index < -0.39 is 48.7 Å². The Morgan fingerprint density at radius 1 is 1.15 bits per heavy atom. The van der Waals surface area contributed by atoms with E-state index in [2.05, 4.69) is 4.98 Å². The number of hydrogen-bond donors (Lipinski definition) is 5. The van der Waals surface area contributed by atoms with E-state index in [0.717, 1.165) is 10.8 Å². The molecule has 0 unspecified atom stereocenters. The number of aliphatic hydroxyl groups excluding tert-OH is 4. The molecule has 0 bridgehead atoms. The molecule has 2 aromatic rings. The molecule has 1 aliphatic rings. The van der Waals surface area contributed by atoms with E-state index in [9.17, 15) is 30.0 Å². The normalized spacial score (nSPS) is 28.1. The van der Waals surface area contributed by atoms with Crippen molar-refractivity contribution in [3.63, 3.8) is 0 Å². The van der Waals surface area contributed by atoms with E-state index in [-0.39, 0.29) is 11.4 Å². The van der Waals surface area contributed by atoms with Crippen LogP contribution in [-0.2, 0) is 4.74 Å². The maximum Gasteiger partial charge on any atom is 0.351 e. The molecule has 0 aliphatic carbocycles. The molecule has 0 spiro atoms. The topological polar surface area (TPSA) is 168 Å². The monoisotopic (exact) mass is 377 g/mol. The van der Waals surface area contributed by atoms with Crippen LogP contribution in [0.4, 0.5) is 5.82 Å². The van der Waals surface area contributed by atoms with Crippen LogP contribution in [0, 0.1) is 0 Å². The molecule has 1 saturated heterocycles. The number of benzene rings is 1. The zero-order chi connectivity index (χ0) is 19.7. The molecule has 5 atom stereocenters. The van der Waals surface area contributed by atoms with Crippen LogP contribution in [-0.4, -0.2) is 66.8 Å². The number of nitrogens with two attached hydrogens (primary N) is 1. The highest BCUT2D eigenvalue weighted by molar-refractivity contribution is 6.11. The fraction of sp³-hybridized carbons (Fsp3) is 0.353. The van der Waals surface area contributed by atoms with Gasteiger partial charge in [0.2, 0.25) is 0 Å². The number of nitrogen functional groups attached to an aromatic ring is 1. The standard InChI is InChI=1S/C17H19N3O7/c18-15-9(11(22)8-4-2-1-3-5-8)6-20(17(26)19-15)16-14(25)13(24)12(23)10(7-21)27-16/h1-6,10,12-14,16,21,23-25H,7H2,(H2,18,19,26)/t10-,12-,13+,14-,16-/m1/s1. The Kier molecular flexibility index (Phi) is 5.35. The van der Waals surface area contributed by atoms with Crippen LogP contribution in [0.15, 0.2) is 41.3 Å². The second-order valence-corrected chi connectivity index (χ2v) is 6.14.